The van der Waals surface area contributed by atoms with E-state index in [4.69, 9.17) is 0 Å². The van der Waals surface area contributed by atoms with E-state index in [1.54, 1.807) is 18.2 Å². The standard InChI is InChI=1S/C15H16FNO3S/c1-3-4-12-13(16)7-5-11-6-8-14(18)17(15(11)12)9-10-21(2,19)20/h3,5-8H,1,4,9-10H2,2H3. The van der Waals surface area contributed by atoms with Crippen LogP contribution in [0.15, 0.2) is 41.7 Å². The number of halogens is 1. The van der Waals surface area contributed by atoms with Gasteiger partial charge in [-0.3, -0.25) is 4.79 Å². The van der Waals surface area contributed by atoms with Gasteiger partial charge < -0.3 is 4.57 Å². The summed E-state index contributed by atoms with van der Waals surface area (Å²) in [6.07, 6.45) is 2.93. The van der Waals surface area contributed by atoms with Gasteiger partial charge in [0.25, 0.3) is 5.56 Å². The number of sulfone groups is 1. The fraction of sp³-hybridized carbons (Fsp3) is 0.267. The molecule has 1 aromatic heterocycles. The Labute approximate surface area is 122 Å². The zero-order valence-corrected chi connectivity index (χ0v) is 12.5. The fourth-order valence-corrected chi connectivity index (χ4v) is 2.78. The van der Waals surface area contributed by atoms with Crippen LogP contribution in [0.1, 0.15) is 5.56 Å². The zero-order valence-electron chi connectivity index (χ0n) is 11.7. The Bertz CT molecular complexity index is 853. The van der Waals surface area contributed by atoms with Gasteiger partial charge in [-0.05, 0) is 30.0 Å². The van der Waals surface area contributed by atoms with Crippen molar-refractivity contribution < 1.29 is 12.8 Å². The number of nitrogens with zero attached hydrogens (tertiary/aromatic N) is 1. The Morgan fingerprint density at radius 2 is 1.95 bits per heavy atom. The maximum Gasteiger partial charge on any atom is 0.251 e. The van der Waals surface area contributed by atoms with Crippen LogP contribution < -0.4 is 5.56 Å². The number of aryl methyl sites for hydroxylation is 1. The Morgan fingerprint density at radius 1 is 1.29 bits per heavy atom. The van der Waals surface area contributed by atoms with E-state index in [2.05, 4.69) is 6.58 Å². The number of pyridine rings is 1. The van der Waals surface area contributed by atoms with E-state index in [-0.39, 0.29) is 24.3 Å². The van der Waals surface area contributed by atoms with E-state index >= 15 is 0 Å². The second kappa shape index (κ2) is 5.81. The highest BCUT2D eigenvalue weighted by molar-refractivity contribution is 7.90. The van der Waals surface area contributed by atoms with Crippen LogP contribution in [0.5, 0.6) is 0 Å². The summed E-state index contributed by atoms with van der Waals surface area (Å²) in [5.74, 6) is -0.600. The number of aromatic nitrogens is 1. The minimum atomic E-state index is -3.22. The number of hydrogen-bond donors (Lipinski definition) is 0. The second-order valence-corrected chi connectivity index (χ2v) is 7.17. The van der Waals surface area contributed by atoms with E-state index < -0.39 is 15.7 Å². The molecule has 0 N–H and O–H groups in total. The summed E-state index contributed by atoms with van der Waals surface area (Å²) in [6, 6.07) is 5.89. The first-order valence-corrected chi connectivity index (χ1v) is 8.49. The predicted octanol–water partition coefficient (Wildman–Crippen LogP) is 1.91. The molecule has 0 spiro atoms. The molecule has 0 amide bonds. The molecule has 0 saturated heterocycles. The van der Waals surface area contributed by atoms with Gasteiger partial charge in [-0.2, -0.15) is 0 Å². The highest BCUT2D eigenvalue weighted by atomic mass is 32.2. The number of fused-ring (bicyclic) bond motifs is 1. The Hall–Kier alpha value is -1.95. The highest BCUT2D eigenvalue weighted by Gasteiger charge is 2.13. The van der Waals surface area contributed by atoms with Crippen LogP contribution in [0.4, 0.5) is 4.39 Å². The number of rotatable bonds is 5. The topological polar surface area (TPSA) is 56.1 Å². The van der Waals surface area contributed by atoms with Gasteiger partial charge >= 0.3 is 0 Å². The van der Waals surface area contributed by atoms with Crippen molar-refractivity contribution in [2.24, 2.45) is 0 Å². The van der Waals surface area contributed by atoms with Gasteiger partial charge in [-0.1, -0.05) is 6.08 Å². The molecular formula is C15H16FNO3S. The van der Waals surface area contributed by atoms with Crippen LogP contribution in [-0.2, 0) is 22.8 Å². The Morgan fingerprint density at radius 3 is 2.57 bits per heavy atom. The Balaban J connectivity index is 2.72. The SMILES string of the molecule is C=CCc1c(F)ccc2ccc(=O)n(CCS(C)(=O)=O)c12. The van der Waals surface area contributed by atoms with Gasteiger partial charge in [0.15, 0.2) is 0 Å². The minimum absolute atomic E-state index is 0.00258. The second-order valence-electron chi connectivity index (χ2n) is 4.91. The average Bonchev–Trinajstić information content (AvgIpc) is 2.40. The fourth-order valence-electron chi connectivity index (χ4n) is 2.26. The summed E-state index contributed by atoms with van der Waals surface area (Å²) in [5.41, 5.74) is 0.446. The molecule has 2 rings (SSSR count). The van der Waals surface area contributed by atoms with Crippen molar-refractivity contribution in [1.82, 2.24) is 4.57 Å². The van der Waals surface area contributed by atoms with Gasteiger partial charge in [0.1, 0.15) is 15.7 Å². The van der Waals surface area contributed by atoms with E-state index in [0.29, 0.717) is 16.5 Å². The maximum absolute atomic E-state index is 14.0. The number of benzene rings is 1. The quantitative estimate of drug-likeness (QED) is 0.793. The molecule has 4 nitrogen and oxygen atoms in total. The molecule has 0 fully saturated rings. The highest BCUT2D eigenvalue weighted by Crippen LogP contribution is 2.21. The van der Waals surface area contributed by atoms with Crippen LogP contribution in [0.25, 0.3) is 10.9 Å². The third kappa shape index (κ3) is 3.39. The molecule has 0 atom stereocenters. The van der Waals surface area contributed by atoms with E-state index in [1.165, 1.54) is 16.7 Å². The number of hydrogen-bond acceptors (Lipinski definition) is 3. The van der Waals surface area contributed by atoms with E-state index in [0.717, 1.165) is 6.26 Å². The van der Waals surface area contributed by atoms with Gasteiger partial charge in [-0.25, -0.2) is 12.8 Å². The normalized spacial score (nSPS) is 11.7. The molecule has 0 bridgehead atoms. The summed E-state index contributed by atoms with van der Waals surface area (Å²) in [7, 11) is -3.22. The van der Waals surface area contributed by atoms with Gasteiger partial charge in [-0.15, -0.1) is 6.58 Å². The summed E-state index contributed by atoms with van der Waals surface area (Å²) in [6.45, 7) is 3.59. The lowest BCUT2D eigenvalue weighted by Crippen LogP contribution is -2.24. The van der Waals surface area contributed by atoms with Crippen LogP contribution in [0.2, 0.25) is 0 Å². The van der Waals surface area contributed by atoms with Crippen LogP contribution >= 0.6 is 0 Å². The summed E-state index contributed by atoms with van der Waals surface area (Å²) < 4.78 is 38.0. The van der Waals surface area contributed by atoms with Crippen LogP contribution in [-0.4, -0.2) is 25.0 Å². The van der Waals surface area contributed by atoms with Gasteiger partial charge in [0.05, 0.1) is 11.3 Å². The molecule has 0 aliphatic carbocycles. The van der Waals surface area contributed by atoms with Gasteiger partial charge in [0, 0.05) is 24.4 Å². The summed E-state index contributed by atoms with van der Waals surface area (Å²) >= 11 is 0. The maximum atomic E-state index is 14.0. The van der Waals surface area contributed by atoms with Crippen LogP contribution in [0.3, 0.4) is 0 Å². The van der Waals surface area contributed by atoms with Gasteiger partial charge in [0.2, 0.25) is 0 Å². The molecule has 0 aliphatic rings. The summed E-state index contributed by atoms with van der Waals surface area (Å²) in [5, 5.41) is 0.696. The third-order valence-electron chi connectivity index (χ3n) is 3.23. The third-order valence-corrected chi connectivity index (χ3v) is 4.16. The van der Waals surface area contributed by atoms with E-state index in [9.17, 15) is 17.6 Å². The average molecular weight is 309 g/mol. The molecule has 112 valence electrons. The predicted molar refractivity (Wildman–Crippen MR) is 81.8 cm³/mol. The first-order chi connectivity index (χ1) is 9.83. The monoisotopic (exact) mass is 309 g/mol. The molecular weight excluding hydrogens is 293 g/mol. The minimum Gasteiger partial charge on any atom is -0.307 e. The van der Waals surface area contributed by atoms with Crippen molar-refractivity contribution in [3.8, 4) is 0 Å². The van der Waals surface area contributed by atoms with Crippen molar-refractivity contribution in [2.75, 3.05) is 12.0 Å². The first kappa shape index (κ1) is 15.4. The summed E-state index contributed by atoms with van der Waals surface area (Å²) in [4.78, 5) is 12.0. The lowest BCUT2D eigenvalue weighted by atomic mass is 10.1. The van der Waals surface area contributed by atoms with Crippen molar-refractivity contribution in [3.63, 3.8) is 0 Å². The molecule has 2 aromatic rings. The largest absolute Gasteiger partial charge is 0.307 e. The van der Waals surface area contributed by atoms with Crippen molar-refractivity contribution in [2.45, 2.75) is 13.0 Å². The number of allylic oxidation sites excluding steroid dienone is 1. The van der Waals surface area contributed by atoms with Crippen molar-refractivity contribution in [3.05, 3.63) is 58.7 Å². The smallest absolute Gasteiger partial charge is 0.251 e. The Kier molecular flexibility index (Phi) is 4.27. The molecule has 1 aromatic carbocycles. The molecule has 21 heavy (non-hydrogen) atoms. The van der Waals surface area contributed by atoms with Crippen molar-refractivity contribution >= 4 is 20.7 Å². The molecule has 0 aliphatic heterocycles. The lowest BCUT2D eigenvalue weighted by molar-refractivity contribution is 0.594. The van der Waals surface area contributed by atoms with E-state index in [1.807, 2.05) is 0 Å². The zero-order chi connectivity index (χ0) is 15.6. The van der Waals surface area contributed by atoms with Crippen LogP contribution in [0, 0.1) is 5.82 Å². The van der Waals surface area contributed by atoms with Crippen molar-refractivity contribution in [1.29, 1.82) is 0 Å². The molecule has 6 heteroatoms. The molecule has 0 unspecified atom stereocenters. The first-order valence-electron chi connectivity index (χ1n) is 6.43. The molecule has 0 radical (unpaired) electrons. The lowest BCUT2D eigenvalue weighted by Gasteiger charge is -2.13. The molecule has 0 saturated carbocycles. The molecule has 1 heterocycles.